The Hall–Kier alpha value is -4.12. The number of nitriles is 1. The standard InChI is InChI=1S/C32H24BrN3O2S/c33-28-17-25(15-16-29(28)38-22-27-14-8-7-13-26(27)19-34)18-30-31(37)36(21-24-11-5-2-6-12-24)32(39-30)35-20-23-9-3-1-4-10-23/h1-18H,20-22H2. The van der Waals surface area contributed by atoms with Crippen molar-refractivity contribution in [3.05, 3.63) is 140 Å². The van der Waals surface area contributed by atoms with Crippen LogP contribution in [-0.2, 0) is 24.5 Å². The molecule has 4 aromatic rings. The lowest BCUT2D eigenvalue weighted by molar-refractivity contribution is -0.122. The van der Waals surface area contributed by atoms with Gasteiger partial charge in [-0.05, 0) is 68.7 Å². The van der Waals surface area contributed by atoms with Crippen LogP contribution in [0.4, 0.5) is 0 Å². The average Bonchev–Trinajstić information content (AvgIpc) is 3.26. The van der Waals surface area contributed by atoms with Gasteiger partial charge in [-0.1, -0.05) is 84.9 Å². The predicted molar refractivity (Wildman–Crippen MR) is 160 cm³/mol. The Bertz CT molecular complexity index is 1580. The zero-order chi connectivity index (χ0) is 27.0. The summed E-state index contributed by atoms with van der Waals surface area (Å²) in [6.45, 7) is 1.24. The van der Waals surface area contributed by atoms with E-state index in [2.05, 4.69) is 22.0 Å². The van der Waals surface area contributed by atoms with Crippen LogP contribution in [0.2, 0.25) is 0 Å². The Kier molecular flexibility index (Phi) is 8.57. The second-order valence-electron chi connectivity index (χ2n) is 8.82. The normalized spacial score (nSPS) is 15.1. The molecule has 7 heteroatoms. The van der Waals surface area contributed by atoms with Crippen LogP contribution in [0.5, 0.6) is 5.75 Å². The average molecular weight is 595 g/mol. The molecular formula is C32H24BrN3O2S. The van der Waals surface area contributed by atoms with Gasteiger partial charge in [0, 0.05) is 5.56 Å². The molecule has 1 fully saturated rings. The molecule has 5 nitrogen and oxygen atoms in total. The van der Waals surface area contributed by atoms with Gasteiger partial charge >= 0.3 is 0 Å². The molecule has 39 heavy (non-hydrogen) atoms. The maximum atomic E-state index is 13.5. The number of rotatable bonds is 8. The highest BCUT2D eigenvalue weighted by Crippen LogP contribution is 2.35. The van der Waals surface area contributed by atoms with Crippen molar-refractivity contribution in [2.75, 3.05) is 0 Å². The number of halogens is 1. The lowest BCUT2D eigenvalue weighted by atomic mass is 10.1. The van der Waals surface area contributed by atoms with Gasteiger partial charge in [0.1, 0.15) is 12.4 Å². The number of amidine groups is 1. The van der Waals surface area contributed by atoms with Crippen molar-refractivity contribution in [2.24, 2.45) is 4.99 Å². The van der Waals surface area contributed by atoms with Gasteiger partial charge in [-0.3, -0.25) is 14.7 Å². The Morgan fingerprint density at radius 2 is 1.62 bits per heavy atom. The van der Waals surface area contributed by atoms with E-state index in [9.17, 15) is 10.1 Å². The van der Waals surface area contributed by atoms with E-state index in [-0.39, 0.29) is 12.5 Å². The topological polar surface area (TPSA) is 65.7 Å². The summed E-state index contributed by atoms with van der Waals surface area (Å²) in [5, 5.41) is 10.0. The van der Waals surface area contributed by atoms with E-state index in [4.69, 9.17) is 9.73 Å². The number of carbonyl (C=O) groups excluding carboxylic acids is 1. The molecule has 0 aliphatic carbocycles. The summed E-state index contributed by atoms with van der Waals surface area (Å²) in [4.78, 5) is 20.7. The number of thioether (sulfide) groups is 1. The minimum absolute atomic E-state index is 0.0692. The summed E-state index contributed by atoms with van der Waals surface area (Å²) >= 11 is 4.99. The Morgan fingerprint density at radius 3 is 2.33 bits per heavy atom. The maximum Gasteiger partial charge on any atom is 0.267 e. The zero-order valence-corrected chi connectivity index (χ0v) is 23.4. The number of amides is 1. The van der Waals surface area contributed by atoms with Gasteiger partial charge < -0.3 is 4.74 Å². The maximum absolute atomic E-state index is 13.5. The molecule has 0 saturated carbocycles. The van der Waals surface area contributed by atoms with Gasteiger partial charge in [0.05, 0.1) is 34.1 Å². The van der Waals surface area contributed by atoms with Gasteiger partial charge in [0.25, 0.3) is 5.91 Å². The molecule has 0 bridgehead atoms. The Balaban J connectivity index is 1.35. The molecule has 1 aliphatic rings. The number of benzene rings is 4. The first-order valence-electron chi connectivity index (χ1n) is 12.3. The summed E-state index contributed by atoms with van der Waals surface area (Å²) in [5.74, 6) is 0.589. The van der Waals surface area contributed by atoms with Crippen LogP contribution < -0.4 is 4.74 Å². The molecule has 0 N–H and O–H groups in total. The van der Waals surface area contributed by atoms with Crippen molar-refractivity contribution in [3.63, 3.8) is 0 Å². The molecule has 1 aliphatic heterocycles. The summed E-state index contributed by atoms with van der Waals surface area (Å²) in [5.41, 5.74) is 4.42. The zero-order valence-electron chi connectivity index (χ0n) is 21.0. The van der Waals surface area contributed by atoms with E-state index in [1.165, 1.54) is 11.8 Å². The number of aliphatic imine (C=N–C) groups is 1. The third-order valence-corrected chi connectivity index (χ3v) is 7.75. The predicted octanol–water partition coefficient (Wildman–Crippen LogP) is 7.57. The van der Waals surface area contributed by atoms with E-state index >= 15 is 0 Å². The van der Waals surface area contributed by atoms with Crippen molar-refractivity contribution in [2.45, 2.75) is 19.7 Å². The van der Waals surface area contributed by atoms with Gasteiger partial charge in [-0.25, -0.2) is 0 Å². The molecule has 0 aromatic heterocycles. The van der Waals surface area contributed by atoms with Crippen LogP contribution in [0.1, 0.15) is 27.8 Å². The second-order valence-corrected chi connectivity index (χ2v) is 10.7. The van der Waals surface area contributed by atoms with Crippen molar-refractivity contribution < 1.29 is 9.53 Å². The number of nitrogens with zero attached hydrogens (tertiary/aromatic N) is 3. The molecule has 4 aromatic carbocycles. The van der Waals surface area contributed by atoms with E-state index in [0.29, 0.717) is 34.5 Å². The summed E-state index contributed by atoms with van der Waals surface area (Å²) in [6.07, 6.45) is 1.88. The van der Waals surface area contributed by atoms with Crippen LogP contribution in [0, 0.1) is 11.3 Å². The second kappa shape index (κ2) is 12.6. The molecule has 0 radical (unpaired) electrons. The highest BCUT2D eigenvalue weighted by atomic mass is 79.9. The summed E-state index contributed by atoms with van der Waals surface area (Å²) in [6, 6.07) is 35.2. The van der Waals surface area contributed by atoms with E-state index in [0.717, 1.165) is 26.7 Å². The fraction of sp³-hybridized carbons (Fsp3) is 0.0938. The molecule has 0 spiro atoms. The van der Waals surface area contributed by atoms with Crippen LogP contribution >= 0.6 is 27.7 Å². The minimum atomic E-state index is -0.0692. The minimum Gasteiger partial charge on any atom is -0.488 e. The molecule has 1 saturated heterocycles. The molecule has 192 valence electrons. The van der Waals surface area contributed by atoms with E-state index < -0.39 is 0 Å². The van der Waals surface area contributed by atoms with Gasteiger partial charge in [0.2, 0.25) is 0 Å². The van der Waals surface area contributed by atoms with E-state index in [1.807, 2.05) is 103 Å². The largest absolute Gasteiger partial charge is 0.488 e. The van der Waals surface area contributed by atoms with Crippen molar-refractivity contribution in [1.82, 2.24) is 4.90 Å². The highest BCUT2D eigenvalue weighted by molar-refractivity contribution is 9.10. The number of carbonyl (C=O) groups is 1. The van der Waals surface area contributed by atoms with Crippen molar-refractivity contribution in [1.29, 1.82) is 5.26 Å². The number of hydrogen-bond acceptors (Lipinski definition) is 5. The first-order valence-corrected chi connectivity index (χ1v) is 14.0. The quantitative estimate of drug-likeness (QED) is 0.198. The Labute approximate surface area is 240 Å². The van der Waals surface area contributed by atoms with Gasteiger partial charge in [-0.2, -0.15) is 5.26 Å². The van der Waals surface area contributed by atoms with Crippen molar-refractivity contribution >= 4 is 44.8 Å². The summed E-state index contributed by atoms with van der Waals surface area (Å²) < 4.78 is 6.73. The molecule has 1 amide bonds. The van der Waals surface area contributed by atoms with Crippen LogP contribution in [0.25, 0.3) is 6.08 Å². The third-order valence-electron chi connectivity index (χ3n) is 6.09. The highest BCUT2D eigenvalue weighted by Gasteiger charge is 2.33. The van der Waals surface area contributed by atoms with Gasteiger partial charge in [0.15, 0.2) is 5.17 Å². The molecule has 0 unspecified atom stereocenters. The van der Waals surface area contributed by atoms with E-state index in [1.54, 1.807) is 11.0 Å². The van der Waals surface area contributed by atoms with Crippen LogP contribution in [0.15, 0.2) is 117 Å². The lowest BCUT2D eigenvalue weighted by Crippen LogP contribution is -2.28. The smallest absolute Gasteiger partial charge is 0.267 e. The van der Waals surface area contributed by atoms with Gasteiger partial charge in [-0.15, -0.1) is 0 Å². The first kappa shape index (κ1) is 26.5. The fourth-order valence-electron chi connectivity index (χ4n) is 4.06. The monoisotopic (exact) mass is 593 g/mol. The first-order chi connectivity index (χ1) is 19.1. The molecular weight excluding hydrogens is 570 g/mol. The summed E-state index contributed by atoms with van der Waals surface area (Å²) in [7, 11) is 0. The van der Waals surface area contributed by atoms with Crippen LogP contribution in [-0.4, -0.2) is 16.0 Å². The molecule has 1 heterocycles. The lowest BCUT2D eigenvalue weighted by Gasteiger charge is -2.15. The fourth-order valence-corrected chi connectivity index (χ4v) is 5.55. The Morgan fingerprint density at radius 1 is 0.923 bits per heavy atom. The molecule has 5 rings (SSSR count). The van der Waals surface area contributed by atoms with Crippen LogP contribution in [0.3, 0.4) is 0 Å². The number of ether oxygens (including phenoxy) is 1. The number of hydrogen-bond donors (Lipinski definition) is 0. The third kappa shape index (κ3) is 6.66. The SMILES string of the molecule is N#Cc1ccccc1COc1ccc(C=C2SC(=NCc3ccccc3)N(Cc3ccccc3)C2=O)cc1Br. The van der Waals surface area contributed by atoms with Crippen molar-refractivity contribution in [3.8, 4) is 11.8 Å². The molecule has 0 atom stereocenters.